The number of benzene rings is 2. The van der Waals surface area contributed by atoms with Gasteiger partial charge in [-0.25, -0.2) is 0 Å². The van der Waals surface area contributed by atoms with Crippen molar-refractivity contribution in [3.8, 4) is 11.6 Å². The predicted octanol–water partition coefficient (Wildman–Crippen LogP) is 4.83. The van der Waals surface area contributed by atoms with E-state index in [2.05, 4.69) is 15.5 Å². The van der Waals surface area contributed by atoms with Crippen LogP contribution in [0.25, 0.3) is 22.6 Å². The summed E-state index contributed by atoms with van der Waals surface area (Å²) < 4.78 is 7.55. The third kappa shape index (κ3) is 4.39. The van der Waals surface area contributed by atoms with Gasteiger partial charge < -0.3 is 14.3 Å². The summed E-state index contributed by atoms with van der Waals surface area (Å²) in [7, 11) is 1.78. The zero-order valence-electron chi connectivity index (χ0n) is 16.5. The molecule has 0 spiro atoms. The highest BCUT2D eigenvalue weighted by molar-refractivity contribution is 7.99. The van der Waals surface area contributed by atoms with Gasteiger partial charge in [-0.2, -0.15) is 0 Å². The topological polar surface area (TPSA) is 116 Å². The zero-order chi connectivity index (χ0) is 22.1. The van der Waals surface area contributed by atoms with Crippen LogP contribution in [0.3, 0.4) is 0 Å². The first-order valence-electron chi connectivity index (χ1n) is 9.08. The Kier molecular flexibility index (Phi) is 5.66. The SMILES string of the molecule is Cc1ccc(NC(=O)CSc2nnc(-c3cc4cc(Cl)ccc4o3)n2C)cc1[N+](=O)[O-]. The highest BCUT2D eigenvalue weighted by atomic mass is 35.5. The third-order valence-corrected chi connectivity index (χ3v) is 5.81. The van der Waals surface area contributed by atoms with Crippen LogP contribution in [0.1, 0.15) is 5.56 Å². The fourth-order valence-electron chi connectivity index (χ4n) is 2.99. The first kappa shape index (κ1) is 20.9. The van der Waals surface area contributed by atoms with Crippen LogP contribution in [0.2, 0.25) is 5.02 Å². The molecule has 2 aromatic heterocycles. The maximum Gasteiger partial charge on any atom is 0.274 e. The lowest BCUT2D eigenvalue weighted by Gasteiger charge is -2.06. The molecule has 0 aliphatic heterocycles. The summed E-state index contributed by atoms with van der Waals surface area (Å²) in [6, 6.07) is 11.7. The van der Waals surface area contributed by atoms with E-state index in [-0.39, 0.29) is 17.3 Å². The molecule has 0 fully saturated rings. The molecular formula is C20H16ClN5O4S. The quantitative estimate of drug-likeness (QED) is 0.250. The molecule has 4 rings (SSSR count). The van der Waals surface area contributed by atoms with E-state index in [0.29, 0.717) is 38.6 Å². The molecule has 1 amide bonds. The molecule has 0 atom stereocenters. The van der Waals surface area contributed by atoms with Crippen molar-refractivity contribution >= 4 is 51.6 Å². The van der Waals surface area contributed by atoms with Crippen molar-refractivity contribution in [3.05, 3.63) is 63.2 Å². The molecule has 0 saturated carbocycles. The van der Waals surface area contributed by atoms with E-state index >= 15 is 0 Å². The van der Waals surface area contributed by atoms with Crippen LogP contribution >= 0.6 is 23.4 Å². The lowest BCUT2D eigenvalue weighted by Crippen LogP contribution is -2.14. The average molecular weight is 458 g/mol. The zero-order valence-corrected chi connectivity index (χ0v) is 18.0. The van der Waals surface area contributed by atoms with Crippen molar-refractivity contribution in [1.82, 2.24) is 14.8 Å². The first-order chi connectivity index (χ1) is 14.8. The van der Waals surface area contributed by atoms with Gasteiger partial charge in [-0.1, -0.05) is 29.4 Å². The van der Waals surface area contributed by atoms with E-state index in [9.17, 15) is 14.9 Å². The number of nitro groups is 1. The number of aryl methyl sites for hydroxylation is 1. The van der Waals surface area contributed by atoms with Crippen LogP contribution in [-0.4, -0.2) is 31.3 Å². The van der Waals surface area contributed by atoms with Crippen molar-refractivity contribution in [2.24, 2.45) is 7.05 Å². The summed E-state index contributed by atoms with van der Waals surface area (Å²) in [5, 5.41) is 24.0. The van der Waals surface area contributed by atoms with Crippen LogP contribution in [0.15, 0.2) is 52.0 Å². The number of thioether (sulfide) groups is 1. The number of nitro benzene ring substituents is 1. The van der Waals surface area contributed by atoms with E-state index in [1.165, 1.54) is 17.8 Å². The van der Waals surface area contributed by atoms with Crippen molar-refractivity contribution < 1.29 is 14.1 Å². The van der Waals surface area contributed by atoms with Gasteiger partial charge in [0, 0.05) is 34.8 Å². The summed E-state index contributed by atoms with van der Waals surface area (Å²) >= 11 is 7.21. The van der Waals surface area contributed by atoms with E-state index < -0.39 is 4.92 Å². The molecule has 158 valence electrons. The molecule has 2 aromatic carbocycles. The molecule has 0 aliphatic rings. The van der Waals surface area contributed by atoms with Crippen molar-refractivity contribution in [1.29, 1.82) is 0 Å². The van der Waals surface area contributed by atoms with E-state index in [1.807, 2.05) is 6.07 Å². The number of fused-ring (bicyclic) bond motifs is 1. The normalized spacial score (nSPS) is 11.1. The monoisotopic (exact) mass is 457 g/mol. The number of anilines is 1. The molecule has 0 radical (unpaired) electrons. The third-order valence-electron chi connectivity index (χ3n) is 4.56. The van der Waals surface area contributed by atoms with E-state index in [1.54, 1.807) is 48.9 Å². The number of amides is 1. The summed E-state index contributed by atoms with van der Waals surface area (Å²) in [6.45, 7) is 1.64. The van der Waals surface area contributed by atoms with Gasteiger partial charge in [-0.15, -0.1) is 10.2 Å². The highest BCUT2D eigenvalue weighted by Crippen LogP contribution is 2.30. The molecule has 4 aromatic rings. The number of rotatable bonds is 6. The van der Waals surface area contributed by atoms with Crippen molar-refractivity contribution in [2.75, 3.05) is 11.1 Å². The standard InChI is InChI=1S/C20H16ClN5O4S/c1-11-3-5-14(9-15(11)26(28)29)22-18(27)10-31-20-24-23-19(25(20)2)17-8-12-7-13(21)4-6-16(12)30-17/h3-9H,10H2,1-2H3,(H,22,27). The van der Waals surface area contributed by atoms with Crippen molar-refractivity contribution in [3.63, 3.8) is 0 Å². The minimum atomic E-state index is -0.479. The van der Waals surface area contributed by atoms with Gasteiger partial charge in [0.15, 0.2) is 16.7 Å². The molecule has 0 bridgehead atoms. The summed E-state index contributed by atoms with van der Waals surface area (Å²) in [6.07, 6.45) is 0. The molecular weight excluding hydrogens is 442 g/mol. The molecule has 31 heavy (non-hydrogen) atoms. The summed E-state index contributed by atoms with van der Waals surface area (Å²) in [4.78, 5) is 22.9. The second kappa shape index (κ2) is 8.40. The number of carbonyl (C=O) groups is 1. The smallest absolute Gasteiger partial charge is 0.274 e. The number of furan rings is 1. The Bertz CT molecular complexity index is 1320. The molecule has 0 aliphatic carbocycles. The summed E-state index contributed by atoms with van der Waals surface area (Å²) in [5.41, 5.74) is 1.53. The molecule has 11 heteroatoms. The first-order valence-corrected chi connectivity index (χ1v) is 10.4. The minimum Gasteiger partial charge on any atom is -0.453 e. The number of halogens is 1. The molecule has 0 saturated heterocycles. The lowest BCUT2D eigenvalue weighted by molar-refractivity contribution is -0.385. The van der Waals surface area contributed by atoms with Crippen LogP contribution in [-0.2, 0) is 11.8 Å². The minimum absolute atomic E-state index is 0.0458. The van der Waals surface area contributed by atoms with Gasteiger partial charge >= 0.3 is 0 Å². The largest absolute Gasteiger partial charge is 0.453 e. The van der Waals surface area contributed by atoms with Gasteiger partial charge in [0.2, 0.25) is 5.91 Å². The lowest BCUT2D eigenvalue weighted by atomic mass is 10.2. The predicted molar refractivity (Wildman–Crippen MR) is 118 cm³/mol. The second-order valence-corrected chi connectivity index (χ2v) is 8.13. The van der Waals surface area contributed by atoms with E-state index in [0.717, 1.165) is 5.39 Å². The van der Waals surface area contributed by atoms with Gasteiger partial charge in [-0.3, -0.25) is 14.9 Å². The number of nitrogens with zero attached hydrogens (tertiary/aromatic N) is 4. The fourth-order valence-corrected chi connectivity index (χ4v) is 3.88. The second-order valence-electron chi connectivity index (χ2n) is 6.75. The summed E-state index contributed by atoms with van der Waals surface area (Å²) in [5.74, 6) is 0.801. The Balaban J connectivity index is 1.44. The fraction of sp³-hybridized carbons (Fsp3) is 0.150. The van der Waals surface area contributed by atoms with Crippen LogP contribution in [0.4, 0.5) is 11.4 Å². The molecule has 1 N–H and O–H groups in total. The van der Waals surface area contributed by atoms with Gasteiger partial charge in [0.05, 0.1) is 10.7 Å². The highest BCUT2D eigenvalue weighted by Gasteiger charge is 2.17. The van der Waals surface area contributed by atoms with Crippen LogP contribution in [0.5, 0.6) is 0 Å². The number of nitrogens with one attached hydrogen (secondary N) is 1. The van der Waals surface area contributed by atoms with Gasteiger partial charge in [-0.05, 0) is 37.3 Å². The Morgan fingerprint density at radius 2 is 2.06 bits per heavy atom. The van der Waals surface area contributed by atoms with Gasteiger partial charge in [0.25, 0.3) is 5.69 Å². The Morgan fingerprint density at radius 3 is 2.84 bits per heavy atom. The van der Waals surface area contributed by atoms with Gasteiger partial charge in [0.1, 0.15) is 5.58 Å². The Hall–Kier alpha value is -3.37. The molecule has 0 unspecified atom stereocenters. The Labute approximate surface area is 185 Å². The van der Waals surface area contributed by atoms with Crippen LogP contribution in [0, 0.1) is 17.0 Å². The number of carbonyl (C=O) groups excluding carboxylic acids is 1. The van der Waals surface area contributed by atoms with E-state index in [4.69, 9.17) is 16.0 Å². The van der Waals surface area contributed by atoms with Crippen LogP contribution < -0.4 is 5.32 Å². The van der Waals surface area contributed by atoms with Crippen molar-refractivity contribution in [2.45, 2.75) is 12.1 Å². The Morgan fingerprint density at radius 1 is 1.26 bits per heavy atom. The number of hydrogen-bond donors (Lipinski definition) is 1. The number of aromatic nitrogens is 3. The number of hydrogen-bond acceptors (Lipinski definition) is 7. The maximum absolute atomic E-state index is 12.3. The average Bonchev–Trinajstić information content (AvgIpc) is 3.30. The maximum atomic E-state index is 12.3. The molecule has 9 nitrogen and oxygen atoms in total. The molecule has 2 heterocycles.